The molecule has 7 heteroatoms. The number of hydrogen-bond donors (Lipinski definition) is 0. The smallest absolute Gasteiger partial charge is 0.303 e. The molecule has 0 spiro atoms. The van der Waals surface area contributed by atoms with Crippen LogP contribution in [0.15, 0.2) is 40.1 Å². The van der Waals surface area contributed by atoms with Gasteiger partial charge >= 0.3 is 5.97 Å². The number of esters is 1. The Kier molecular flexibility index (Phi) is 5.84. The highest BCUT2D eigenvalue weighted by molar-refractivity contribution is 7.99. The molecule has 30 heavy (non-hydrogen) atoms. The molecule has 1 aromatic heterocycles. The lowest BCUT2D eigenvalue weighted by Crippen LogP contribution is -2.06. The molecule has 2 atom stereocenters. The molecular formula is C23H23ClFNO3S. The van der Waals surface area contributed by atoms with Crippen LogP contribution < -0.4 is 0 Å². The van der Waals surface area contributed by atoms with Gasteiger partial charge in [-0.15, -0.1) is 0 Å². The van der Waals surface area contributed by atoms with E-state index in [1.54, 1.807) is 31.9 Å². The highest BCUT2D eigenvalue weighted by atomic mass is 35.5. The van der Waals surface area contributed by atoms with Crippen molar-refractivity contribution in [3.63, 3.8) is 0 Å². The van der Waals surface area contributed by atoms with Crippen molar-refractivity contribution in [3.05, 3.63) is 58.0 Å². The summed E-state index contributed by atoms with van der Waals surface area (Å²) in [5.41, 5.74) is 3.11. The highest BCUT2D eigenvalue weighted by Gasteiger charge is 2.34. The maximum atomic E-state index is 14.9. The van der Waals surface area contributed by atoms with E-state index in [2.05, 4.69) is 4.57 Å². The summed E-state index contributed by atoms with van der Waals surface area (Å²) in [6.07, 6.45) is 0.0193. The van der Waals surface area contributed by atoms with Gasteiger partial charge in [0.25, 0.3) is 0 Å². The van der Waals surface area contributed by atoms with Gasteiger partial charge in [0, 0.05) is 47.2 Å². The number of nitrogens with zero attached hydrogens (tertiary/aromatic N) is 1. The van der Waals surface area contributed by atoms with Crippen molar-refractivity contribution in [2.45, 2.75) is 55.7 Å². The van der Waals surface area contributed by atoms with E-state index in [1.165, 1.54) is 6.92 Å². The number of aryl methyl sites for hydroxylation is 1. The van der Waals surface area contributed by atoms with Gasteiger partial charge in [0.15, 0.2) is 0 Å². The third-order valence-corrected chi connectivity index (χ3v) is 6.99. The van der Waals surface area contributed by atoms with E-state index in [0.717, 1.165) is 32.0 Å². The molecule has 0 fully saturated rings. The van der Waals surface area contributed by atoms with Crippen LogP contribution >= 0.6 is 23.4 Å². The molecule has 0 saturated carbocycles. The minimum atomic E-state index is -0.362. The van der Waals surface area contributed by atoms with Crippen molar-refractivity contribution in [2.24, 2.45) is 0 Å². The van der Waals surface area contributed by atoms with Gasteiger partial charge < -0.3 is 14.0 Å². The first-order valence-corrected chi connectivity index (χ1v) is 11.0. The lowest BCUT2D eigenvalue weighted by molar-refractivity contribution is -0.146. The number of carbonyl (C=O) groups excluding carboxylic acids is 1. The molecule has 2 aromatic carbocycles. The Hall–Kier alpha value is -2.02. The number of halogens is 2. The second-order valence-corrected chi connectivity index (χ2v) is 9.00. The monoisotopic (exact) mass is 447 g/mol. The van der Waals surface area contributed by atoms with E-state index in [0.29, 0.717) is 23.6 Å². The average molecular weight is 448 g/mol. The Balaban J connectivity index is 2.01. The summed E-state index contributed by atoms with van der Waals surface area (Å²) >= 11 is 7.63. The lowest BCUT2D eigenvalue weighted by Gasteiger charge is -2.18. The van der Waals surface area contributed by atoms with Crippen molar-refractivity contribution in [2.75, 3.05) is 7.11 Å². The van der Waals surface area contributed by atoms with Crippen molar-refractivity contribution in [1.29, 1.82) is 0 Å². The van der Waals surface area contributed by atoms with E-state index in [1.807, 2.05) is 31.2 Å². The van der Waals surface area contributed by atoms with Crippen LogP contribution in [0.5, 0.6) is 0 Å². The number of methoxy groups -OCH3 is 1. The number of rotatable bonds is 5. The molecule has 4 rings (SSSR count). The maximum Gasteiger partial charge on any atom is 0.303 e. The topological polar surface area (TPSA) is 40.5 Å². The summed E-state index contributed by atoms with van der Waals surface area (Å²) < 4.78 is 28.2. The molecule has 2 unspecified atom stereocenters. The predicted molar refractivity (Wildman–Crippen MR) is 117 cm³/mol. The fourth-order valence-electron chi connectivity index (χ4n) is 4.20. The van der Waals surface area contributed by atoms with E-state index in [9.17, 15) is 9.18 Å². The molecule has 0 aliphatic carbocycles. The van der Waals surface area contributed by atoms with Crippen LogP contribution in [0, 0.1) is 12.7 Å². The third kappa shape index (κ3) is 3.61. The minimum absolute atomic E-state index is 0.263. The molecule has 0 radical (unpaired) electrons. The zero-order valence-electron chi connectivity index (χ0n) is 17.3. The van der Waals surface area contributed by atoms with E-state index in [4.69, 9.17) is 21.1 Å². The van der Waals surface area contributed by atoms with Crippen LogP contribution in [-0.4, -0.2) is 17.6 Å². The quantitative estimate of drug-likeness (QED) is 0.412. The number of fused-ring (bicyclic) bond motifs is 3. The summed E-state index contributed by atoms with van der Waals surface area (Å²) in [6.45, 7) is 5.78. The number of aromatic nitrogens is 1. The first-order chi connectivity index (χ1) is 14.3. The van der Waals surface area contributed by atoms with Crippen LogP contribution in [0.1, 0.15) is 49.3 Å². The van der Waals surface area contributed by atoms with Crippen LogP contribution in [0.2, 0.25) is 5.02 Å². The zero-order valence-corrected chi connectivity index (χ0v) is 18.9. The lowest BCUT2D eigenvalue weighted by atomic mass is 9.98. The molecule has 4 nitrogen and oxygen atoms in total. The van der Waals surface area contributed by atoms with Gasteiger partial charge in [-0.25, -0.2) is 4.39 Å². The molecule has 0 saturated heterocycles. The molecular weight excluding hydrogens is 425 g/mol. The first kappa shape index (κ1) is 21.2. The summed E-state index contributed by atoms with van der Waals surface area (Å²) in [6, 6.07) is 9.18. The Morgan fingerprint density at radius 1 is 1.33 bits per heavy atom. The number of carbonyl (C=O) groups is 1. The molecule has 3 aromatic rings. The van der Waals surface area contributed by atoms with Crippen LogP contribution in [0.4, 0.5) is 4.39 Å². The Labute approximate surface area is 184 Å². The summed E-state index contributed by atoms with van der Waals surface area (Å²) in [7, 11) is 1.62. The summed E-state index contributed by atoms with van der Waals surface area (Å²) in [5, 5.41) is 1.62. The van der Waals surface area contributed by atoms with E-state index < -0.39 is 0 Å². The van der Waals surface area contributed by atoms with Gasteiger partial charge in [-0.3, -0.25) is 4.79 Å². The summed E-state index contributed by atoms with van der Waals surface area (Å²) in [4.78, 5) is 13.7. The molecule has 0 amide bonds. The van der Waals surface area contributed by atoms with Gasteiger partial charge in [0.1, 0.15) is 11.9 Å². The van der Waals surface area contributed by atoms with Crippen LogP contribution in [0.25, 0.3) is 10.9 Å². The maximum absolute atomic E-state index is 14.9. The van der Waals surface area contributed by atoms with Crippen molar-refractivity contribution in [3.8, 4) is 0 Å². The second-order valence-electron chi connectivity index (χ2n) is 7.48. The standard InChI is InChI=1S/C23H23ClFNO3S/c1-12-17(25)11-18-21(20(12)13(2)28-4)23(30-16-7-5-15(24)6-8-16)22-19(29-14(3)27)9-10-26(18)22/h5-8,11,13,19H,9-10H2,1-4H3. The van der Waals surface area contributed by atoms with Gasteiger partial charge in [0.2, 0.25) is 0 Å². The SMILES string of the molecule is COC(C)c1c(C)c(F)cc2c1c(Sc1ccc(Cl)cc1)c1n2CCC1OC(C)=O. The molecule has 2 heterocycles. The fraction of sp³-hybridized carbons (Fsp3) is 0.348. The van der Waals surface area contributed by atoms with Gasteiger partial charge in [-0.1, -0.05) is 23.4 Å². The number of benzene rings is 2. The number of ether oxygens (including phenoxy) is 2. The van der Waals surface area contributed by atoms with Crippen LogP contribution in [0.3, 0.4) is 0 Å². The molecule has 158 valence electrons. The largest absolute Gasteiger partial charge is 0.456 e. The van der Waals surface area contributed by atoms with E-state index in [-0.39, 0.29) is 24.0 Å². The van der Waals surface area contributed by atoms with E-state index >= 15 is 0 Å². The Morgan fingerprint density at radius 2 is 2.03 bits per heavy atom. The van der Waals surface area contributed by atoms with Crippen LogP contribution in [-0.2, 0) is 20.8 Å². The van der Waals surface area contributed by atoms with Crippen molar-refractivity contribution in [1.82, 2.24) is 4.57 Å². The zero-order chi connectivity index (χ0) is 21.6. The van der Waals surface area contributed by atoms with Gasteiger partial charge in [0.05, 0.1) is 17.3 Å². The first-order valence-electron chi connectivity index (χ1n) is 9.80. The predicted octanol–water partition coefficient (Wildman–Crippen LogP) is 6.61. The Bertz CT molecular complexity index is 1130. The molecule has 0 N–H and O–H groups in total. The molecule has 1 aliphatic rings. The van der Waals surface area contributed by atoms with Crippen molar-refractivity contribution < 1.29 is 18.7 Å². The third-order valence-electron chi connectivity index (χ3n) is 5.61. The van der Waals surface area contributed by atoms with Gasteiger partial charge in [-0.05, 0) is 55.3 Å². The minimum Gasteiger partial charge on any atom is -0.456 e. The summed E-state index contributed by atoms with van der Waals surface area (Å²) in [5.74, 6) is -0.588. The Morgan fingerprint density at radius 3 is 2.67 bits per heavy atom. The number of hydrogen-bond acceptors (Lipinski definition) is 4. The highest BCUT2D eigenvalue weighted by Crippen LogP contribution is 2.49. The average Bonchev–Trinajstić information content (AvgIpc) is 3.23. The van der Waals surface area contributed by atoms with Crippen molar-refractivity contribution >= 4 is 40.2 Å². The normalized spacial score (nSPS) is 16.7. The molecule has 1 aliphatic heterocycles. The van der Waals surface area contributed by atoms with Gasteiger partial charge in [-0.2, -0.15) is 0 Å². The fourth-order valence-corrected chi connectivity index (χ4v) is 5.49. The molecule has 0 bridgehead atoms. The second kappa shape index (κ2) is 8.25.